The van der Waals surface area contributed by atoms with Gasteiger partial charge in [0.1, 0.15) is 16.5 Å². The number of rotatable bonds is 3. The molecule has 0 aliphatic carbocycles. The Kier molecular flexibility index (Phi) is 4.37. The van der Waals surface area contributed by atoms with Crippen molar-refractivity contribution in [2.24, 2.45) is 0 Å². The van der Waals surface area contributed by atoms with Crippen molar-refractivity contribution in [2.75, 3.05) is 39.0 Å². The van der Waals surface area contributed by atoms with E-state index in [1.54, 1.807) is 11.3 Å². The minimum Gasteiger partial charge on any atom is -0.372 e. The lowest BCUT2D eigenvalue weighted by Crippen LogP contribution is -2.37. The SMILES string of the molecule is CNc1nc(CN2CCCN(C)CC2C)nc2sccc12. The quantitative estimate of drug-likeness (QED) is 0.942. The van der Waals surface area contributed by atoms with Crippen LogP contribution in [0.5, 0.6) is 0 Å². The first kappa shape index (κ1) is 14.7. The largest absolute Gasteiger partial charge is 0.372 e. The summed E-state index contributed by atoms with van der Waals surface area (Å²) in [5, 5.41) is 6.39. The van der Waals surface area contributed by atoms with Gasteiger partial charge in [0.25, 0.3) is 0 Å². The van der Waals surface area contributed by atoms with Gasteiger partial charge in [-0.3, -0.25) is 4.90 Å². The Labute approximate surface area is 130 Å². The summed E-state index contributed by atoms with van der Waals surface area (Å²) in [6, 6.07) is 2.62. The molecule has 2 aromatic rings. The Hall–Kier alpha value is -1.24. The van der Waals surface area contributed by atoms with Crippen LogP contribution < -0.4 is 5.32 Å². The summed E-state index contributed by atoms with van der Waals surface area (Å²) >= 11 is 1.68. The van der Waals surface area contributed by atoms with E-state index < -0.39 is 0 Å². The van der Waals surface area contributed by atoms with Gasteiger partial charge in [-0.2, -0.15) is 0 Å². The van der Waals surface area contributed by atoms with E-state index in [-0.39, 0.29) is 0 Å². The summed E-state index contributed by atoms with van der Waals surface area (Å²) < 4.78 is 0. The van der Waals surface area contributed by atoms with Gasteiger partial charge in [0, 0.05) is 26.2 Å². The molecule has 0 radical (unpaired) electrons. The van der Waals surface area contributed by atoms with Crippen LogP contribution in [0.1, 0.15) is 19.2 Å². The molecule has 1 atom stereocenters. The summed E-state index contributed by atoms with van der Waals surface area (Å²) in [6.07, 6.45) is 1.21. The number of hydrogen-bond acceptors (Lipinski definition) is 6. The molecule has 1 saturated heterocycles. The third-order valence-electron chi connectivity index (χ3n) is 4.14. The first-order valence-corrected chi connectivity index (χ1v) is 8.40. The fourth-order valence-corrected chi connectivity index (χ4v) is 3.78. The minimum atomic E-state index is 0.540. The Bertz CT molecular complexity index is 611. The predicted molar refractivity (Wildman–Crippen MR) is 88.9 cm³/mol. The van der Waals surface area contributed by atoms with Crippen LogP contribution >= 0.6 is 11.3 Å². The highest BCUT2D eigenvalue weighted by Crippen LogP contribution is 2.25. The zero-order valence-electron chi connectivity index (χ0n) is 13.0. The van der Waals surface area contributed by atoms with Gasteiger partial charge in [0.2, 0.25) is 0 Å². The van der Waals surface area contributed by atoms with E-state index >= 15 is 0 Å². The third-order valence-corrected chi connectivity index (χ3v) is 4.94. The predicted octanol–water partition coefficient (Wildman–Crippen LogP) is 2.26. The van der Waals surface area contributed by atoms with Gasteiger partial charge >= 0.3 is 0 Å². The highest BCUT2D eigenvalue weighted by molar-refractivity contribution is 7.16. The molecule has 3 rings (SSSR count). The monoisotopic (exact) mass is 305 g/mol. The van der Waals surface area contributed by atoms with Gasteiger partial charge in [0.15, 0.2) is 0 Å². The van der Waals surface area contributed by atoms with Gasteiger partial charge in [-0.15, -0.1) is 11.3 Å². The van der Waals surface area contributed by atoms with Crippen LogP contribution in [-0.4, -0.2) is 59.5 Å². The molecule has 1 N–H and O–H groups in total. The van der Waals surface area contributed by atoms with E-state index in [1.807, 2.05) is 7.05 Å². The number of nitrogens with one attached hydrogen (secondary N) is 1. The normalized spacial score (nSPS) is 21.6. The zero-order chi connectivity index (χ0) is 14.8. The Morgan fingerprint density at radius 1 is 1.38 bits per heavy atom. The Balaban J connectivity index is 1.83. The highest BCUT2D eigenvalue weighted by Gasteiger charge is 2.21. The average Bonchev–Trinajstić information content (AvgIpc) is 2.87. The smallest absolute Gasteiger partial charge is 0.146 e. The fourth-order valence-electron chi connectivity index (χ4n) is 3.00. The first-order chi connectivity index (χ1) is 10.2. The maximum absolute atomic E-state index is 4.73. The molecular weight excluding hydrogens is 282 g/mol. The molecule has 0 aromatic carbocycles. The molecule has 1 aliphatic heterocycles. The summed E-state index contributed by atoms with van der Waals surface area (Å²) in [5.74, 6) is 1.86. The minimum absolute atomic E-state index is 0.540. The van der Waals surface area contributed by atoms with Crippen LogP contribution in [0.15, 0.2) is 11.4 Å². The molecule has 1 aliphatic rings. The van der Waals surface area contributed by atoms with E-state index in [0.29, 0.717) is 6.04 Å². The highest BCUT2D eigenvalue weighted by atomic mass is 32.1. The molecular formula is C15H23N5S. The maximum atomic E-state index is 4.73. The number of hydrogen-bond donors (Lipinski definition) is 1. The molecule has 0 bridgehead atoms. The van der Waals surface area contributed by atoms with Gasteiger partial charge in [0.05, 0.1) is 11.9 Å². The Morgan fingerprint density at radius 2 is 2.24 bits per heavy atom. The van der Waals surface area contributed by atoms with Crippen molar-refractivity contribution in [3.63, 3.8) is 0 Å². The number of anilines is 1. The van der Waals surface area contributed by atoms with E-state index in [4.69, 9.17) is 9.97 Å². The van der Waals surface area contributed by atoms with E-state index in [9.17, 15) is 0 Å². The summed E-state index contributed by atoms with van der Waals surface area (Å²) in [7, 11) is 4.13. The first-order valence-electron chi connectivity index (χ1n) is 7.52. The maximum Gasteiger partial charge on any atom is 0.146 e. The number of nitrogens with zero attached hydrogens (tertiary/aromatic N) is 4. The fraction of sp³-hybridized carbons (Fsp3) is 0.600. The summed E-state index contributed by atoms with van der Waals surface area (Å²) in [6.45, 7) is 6.53. The second-order valence-electron chi connectivity index (χ2n) is 5.81. The van der Waals surface area contributed by atoms with E-state index in [2.05, 4.69) is 40.5 Å². The molecule has 21 heavy (non-hydrogen) atoms. The molecule has 2 aromatic heterocycles. The van der Waals surface area contributed by atoms with Crippen molar-refractivity contribution >= 4 is 27.4 Å². The van der Waals surface area contributed by atoms with Gasteiger partial charge in [-0.25, -0.2) is 9.97 Å². The van der Waals surface area contributed by atoms with Crippen molar-refractivity contribution in [3.05, 3.63) is 17.3 Å². The molecule has 114 valence electrons. The van der Waals surface area contributed by atoms with E-state index in [0.717, 1.165) is 41.5 Å². The topological polar surface area (TPSA) is 44.3 Å². The molecule has 3 heterocycles. The lowest BCUT2D eigenvalue weighted by molar-refractivity contribution is 0.190. The van der Waals surface area contributed by atoms with Crippen molar-refractivity contribution in [1.82, 2.24) is 19.8 Å². The van der Waals surface area contributed by atoms with Crippen molar-refractivity contribution in [2.45, 2.75) is 25.9 Å². The molecule has 1 unspecified atom stereocenters. The average molecular weight is 305 g/mol. The lowest BCUT2D eigenvalue weighted by atomic mass is 10.2. The number of likely N-dealkylation sites (N-methyl/N-ethyl adjacent to an activating group) is 1. The lowest BCUT2D eigenvalue weighted by Gasteiger charge is -2.27. The summed E-state index contributed by atoms with van der Waals surface area (Å²) in [4.78, 5) is 15.4. The van der Waals surface area contributed by atoms with Crippen LogP contribution in [0.4, 0.5) is 5.82 Å². The van der Waals surface area contributed by atoms with Gasteiger partial charge < -0.3 is 10.2 Å². The van der Waals surface area contributed by atoms with Crippen LogP contribution in [0, 0.1) is 0 Å². The van der Waals surface area contributed by atoms with Crippen LogP contribution in [-0.2, 0) is 6.54 Å². The van der Waals surface area contributed by atoms with Crippen molar-refractivity contribution in [1.29, 1.82) is 0 Å². The third kappa shape index (κ3) is 3.17. The van der Waals surface area contributed by atoms with Crippen molar-refractivity contribution in [3.8, 4) is 0 Å². The Morgan fingerprint density at radius 3 is 3.05 bits per heavy atom. The molecule has 0 amide bonds. The van der Waals surface area contributed by atoms with Crippen molar-refractivity contribution < 1.29 is 0 Å². The van der Waals surface area contributed by atoms with Gasteiger partial charge in [-0.1, -0.05) is 0 Å². The second kappa shape index (κ2) is 6.25. The summed E-state index contributed by atoms with van der Waals surface area (Å²) in [5.41, 5.74) is 0. The van der Waals surface area contributed by atoms with Crippen LogP contribution in [0.3, 0.4) is 0 Å². The van der Waals surface area contributed by atoms with Crippen LogP contribution in [0.2, 0.25) is 0 Å². The number of fused-ring (bicyclic) bond motifs is 1. The number of thiophene rings is 1. The van der Waals surface area contributed by atoms with Crippen LogP contribution in [0.25, 0.3) is 10.2 Å². The van der Waals surface area contributed by atoms with E-state index in [1.165, 1.54) is 13.0 Å². The molecule has 0 spiro atoms. The van der Waals surface area contributed by atoms with Gasteiger partial charge in [-0.05, 0) is 38.4 Å². The zero-order valence-corrected chi connectivity index (χ0v) is 13.8. The molecule has 5 nitrogen and oxygen atoms in total. The molecule has 6 heteroatoms. The standard InChI is InChI=1S/C15H23N5S/c1-11-9-19(3)6-4-7-20(11)10-13-17-14(16-2)12-5-8-21-15(12)18-13/h5,8,11H,4,6-7,9-10H2,1-3H3,(H,16,17,18). The number of aromatic nitrogens is 2. The molecule has 1 fully saturated rings. The second-order valence-corrected chi connectivity index (χ2v) is 6.71. The molecule has 0 saturated carbocycles.